The van der Waals surface area contributed by atoms with Gasteiger partial charge in [0.1, 0.15) is 5.00 Å². The standard InChI is InChI=1S/C21H25NO3S/c1-3-14-10-11-16-17(12-14)26-20(19(16)21(24)25-4-2)22-18(23)13-15-8-6-5-7-9-15/h5-9,14H,3-4,10-13H2,1-2H3,(H,22,23). The maximum atomic E-state index is 12.5. The number of thiophene rings is 1. The molecule has 26 heavy (non-hydrogen) atoms. The minimum Gasteiger partial charge on any atom is -0.462 e. The molecular weight excluding hydrogens is 346 g/mol. The van der Waals surface area contributed by atoms with Crippen LogP contribution in [-0.4, -0.2) is 18.5 Å². The molecule has 3 rings (SSSR count). The van der Waals surface area contributed by atoms with Crippen molar-refractivity contribution in [2.24, 2.45) is 5.92 Å². The summed E-state index contributed by atoms with van der Waals surface area (Å²) in [5.74, 6) is 0.228. The zero-order valence-corrected chi connectivity index (χ0v) is 16.2. The number of fused-ring (bicyclic) bond motifs is 1. The van der Waals surface area contributed by atoms with E-state index in [-0.39, 0.29) is 11.9 Å². The molecule has 1 aromatic carbocycles. The van der Waals surface area contributed by atoms with Crippen LogP contribution in [0.3, 0.4) is 0 Å². The number of amides is 1. The molecular formula is C21H25NO3S. The number of carbonyl (C=O) groups is 2. The molecule has 1 heterocycles. The lowest BCUT2D eigenvalue weighted by molar-refractivity contribution is -0.115. The Kier molecular flexibility index (Phi) is 6.09. The van der Waals surface area contributed by atoms with Crippen LogP contribution in [0.1, 0.15) is 53.1 Å². The Morgan fingerprint density at radius 3 is 2.69 bits per heavy atom. The van der Waals surface area contributed by atoms with Gasteiger partial charge in [-0.15, -0.1) is 11.3 Å². The van der Waals surface area contributed by atoms with Crippen LogP contribution in [0.2, 0.25) is 0 Å². The van der Waals surface area contributed by atoms with Crippen molar-refractivity contribution in [1.29, 1.82) is 0 Å². The SMILES string of the molecule is CCOC(=O)c1c(NC(=O)Cc2ccccc2)sc2c1CCC(CC)C2. The Balaban J connectivity index is 1.84. The Hall–Kier alpha value is -2.14. The number of benzene rings is 1. The Morgan fingerprint density at radius 1 is 1.23 bits per heavy atom. The van der Waals surface area contributed by atoms with Crippen molar-refractivity contribution in [1.82, 2.24) is 0 Å². The van der Waals surface area contributed by atoms with Crippen molar-refractivity contribution in [2.45, 2.75) is 46.0 Å². The highest BCUT2D eigenvalue weighted by Crippen LogP contribution is 2.40. The molecule has 0 fully saturated rings. The van der Waals surface area contributed by atoms with Crippen molar-refractivity contribution in [2.75, 3.05) is 11.9 Å². The number of carbonyl (C=O) groups excluding carboxylic acids is 2. The topological polar surface area (TPSA) is 55.4 Å². The van der Waals surface area contributed by atoms with Crippen molar-refractivity contribution >= 4 is 28.2 Å². The fourth-order valence-electron chi connectivity index (χ4n) is 3.46. The Bertz CT molecular complexity index is 782. The van der Waals surface area contributed by atoms with Gasteiger partial charge in [0.05, 0.1) is 18.6 Å². The quantitative estimate of drug-likeness (QED) is 0.754. The second-order valence-electron chi connectivity index (χ2n) is 6.66. The predicted molar refractivity (Wildman–Crippen MR) is 105 cm³/mol. The van der Waals surface area contributed by atoms with Gasteiger partial charge in [-0.2, -0.15) is 0 Å². The third-order valence-electron chi connectivity index (χ3n) is 4.88. The first-order valence-electron chi connectivity index (χ1n) is 9.27. The molecule has 0 saturated heterocycles. The van der Waals surface area contributed by atoms with Gasteiger partial charge in [0, 0.05) is 4.88 Å². The molecule has 138 valence electrons. The molecule has 1 amide bonds. The van der Waals surface area contributed by atoms with Gasteiger partial charge in [0.15, 0.2) is 0 Å². The number of esters is 1. The third-order valence-corrected chi connectivity index (χ3v) is 6.05. The lowest BCUT2D eigenvalue weighted by Gasteiger charge is -2.20. The Morgan fingerprint density at radius 2 is 2.00 bits per heavy atom. The van der Waals surface area contributed by atoms with Crippen molar-refractivity contribution in [3.05, 3.63) is 51.9 Å². The first-order valence-corrected chi connectivity index (χ1v) is 10.1. The van der Waals surface area contributed by atoms with Crippen LogP contribution in [0.4, 0.5) is 5.00 Å². The van der Waals surface area contributed by atoms with Crippen LogP contribution in [0.5, 0.6) is 0 Å². The van der Waals surface area contributed by atoms with E-state index in [2.05, 4.69) is 12.2 Å². The molecule has 1 aliphatic carbocycles. The summed E-state index contributed by atoms with van der Waals surface area (Å²) < 4.78 is 5.26. The predicted octanol–water partition coefficient (Wildman–Crippen LogP) is 4.62. The van der Waals surface area contributed by atoms with E-state index in [1.807, 2.05) is 30.3 Å². The molecule has 5 heteroatoms. The van der Waals surface area contributed by atoms with Crippen LogP contribution in [-0.2, 0) is 28.8 Å². The highest BCUT2D eigenvalue weighted by Gasteiger charge is 2.29. The number of rotatable bonds is 6. The van der Waals surface area contributed by atoms with Crippen LogP contribution in [0.25, 0.3) is 0 Å². The molecule has 1 N–H and O–H groups in total. The minimum absolute atomic E-state index is 0.104. The number of hydrogen-bond acceptors (Lipinski definition) is 4. The molecule has 1 aliphatic rings. The number of ether oxygens (including phenoxy) is 1. The van der Waals surface area contributed by atoms with Gasteiger partial charge in [0.2, 0.25) is 5.91 Å². The molecule has 0 radical (unpaired) electrons. The van der Waals surface area contributed by atoms with Gasteiger partial charge in [-0.25, -0.2) is 4.79 Å². The average molecular weight is 372 g/mol. The number of hydrogen-bond donors (Lipinski definition) is 1. The van der Waals surface area contributed by atoms with E-state index in [4.69, 9.17) is 4.74 Å². The van der Waals surface area contributed by atoms with E-state index in [0.717, 1.165) is 36.8 Å². The van der Waals surface area contributed by atoms with Gasteiger partial charge in [0.25, 0.3) is 0 Å². The minimum atomic E-state index is -0.324. The summed E-state index contributed by atoms with van der Waals surface area (Å²) in [7, 11) is 0. The lowest BCUT2D eigenvalue weighted by Crippen LogP contribution is -2.18. The highest BCUT2D eigenvalue weighted by molar-refractivity contribution is 7.17. The molecule has 1 unspecified atom stereocenters. The van der Waals surface area contributed by atoms with Gasteiger partial charge >= 0.3 is 5.97 Å². The maximum Gasteiger partial charge on any atom is 0.341 e. The normalized spacial score (nSPS) is 16.0. The van der Waals surface area contributed by atoms with Crippen LogP contribution < -0.4 is 5.32 Å². The van der Waals surface area contributed by atoms with E-state index in [0.29, 0.717) is 29.5 Å². The summed E-state index contributed by atoms with van der Waals surface area (Å²) in [5, 5.41) is 3.61. The van der Waals surface area contributed by atoms with Crippen LogP contribution in [0.15, 0.2) is 30.3 Å². The maximum absolute atomic E-state index is 12.5. The molecule has 0 saturated carbocycles. The number of anilines is 1. The van der Waals surface area contributed by atoms with Gasteiger partial charge in [-0.05, 0) is 43.2 Å². The van der Waals surface area contributed by atoms with E-state index in [1.54, 1.807) is 18.3 Å². The van der Waals surface area contributed by atoms with E-state index >= 15 is 0 Å². The fourth-order valence-corrected chi connectivity index (χ4v) is 4.83. The molecule has 0 bridgehead atoms. The lowest BCUT2D eigenvalue weighted by atomic mass is 9.85. The number of nitrogens with one attached hydrogen (secondary N) is 1. The van der Waals surface area contributed by atoms with Crippen molar-refractivity contribution in [3.8, 4) is 0 Å². The molecule has 1 aromatic heterocycles. The summed E-state index contributed by atoms with van der Waals surface area (Å²) >= 11 is 1.54. The van der Waals surface area contributed by atoms with E-state index in [9.17, 15) is 9.59 Å². The second kappa shape index (κ2) is 8.49. The van der Waals surface area contributed by atoms with Crippen molar-refractivity contribution in [3.63, 3.8) is 0 Å². The second-order valence-corrected chi connectivity index (χ2v) is 7.76. The van der Waals surface area contributed by atoms with Crippen LogP contribution in [0, 0.1) is 5.92 Å². The van der Waals surface area contributed by atoms with E-state index < -0.39 is 0 Å². The molecule has 0 aliphatic heterocycles. The summed E-state index contributed by atoms with van der Waals surface area (Å²) in [6, 6.07) is 9.62. The molecule has 4 nitrogen and oxygen atoms in total. The Labute approximate surface area is 158 Å². The van der Waals surface area contributed by atoms with Crippen LogP contribution >= 0.6 is 11.3 Å². The molecule has 2 aromatic rings. The van der Waals surface area contributed by atoms with Gasteiger partial charge < -0.3 is 10.1 Å². The zero-order chi connectivity index (χ0) is 18.5. The first-order chi connectivity index (χ1) is 12.6. The summed E-state index contributed by atoms with van der Waals surface area (Å²) in [6.45, 7) is 4.34. The fraction of sp³-hybridized carbons (Fsp3) is 0.429. The molecule has 1 atom stereocenters. The monoisotopic (exact) mass is 371 g/mol. The van der Waals surface area contributed by atoms with Gasteiger partial charge in [-0.1, -0.05) is 43.7 Å². The largest absolute Gasteiger partial charge is 0.462 e. The van der Waals surface area contributed by atoms with Crippen molar-refractivity contribution < 1.29 is 14.3 Å². The smallest absolute Gasteiger partial charge is 0.341 e. The first kappa shape index (κ1) is 18.6. The summed E-state index contributed by atoms with van der Waals surface area (Å²) in [5.41, 5.74) is 2.60. The van der Waals surface area contributed by atoms with Gasteiger partial charge in [-0.3, -0.25) is 4.79 Å². The third kappa shape index (κ3) is 4.15. The average Bonchev–Trinajstić information content (AvgIpc) is 2.99. The molecule has 0 spiro atoms. The summed E-state index contributed by atoms with van der Waals surface area (Å²) in [6.07, 6.45) is 4.39. The summed E-state index contributed by atoms with van der Waals surface area (Å²) in [4.78, 5) is 26.2. The zero-order valence-electron chi connectivity index (χ0n) is 15.3. The highest BCUT2D eigenvalue weighted by atomic mass is 32.1. The van der Waals surface area contributed by atoms with E-state index in [1.165, 1.54) is 4.88 Å².